The summed E-state index contributed by atoms with van der Waals surface area (Å²) in [4.78, 5) is 27.5. The van der Waals surface area contributed by atoms with E-state index in [0.717, 1.165) is 22.9 Å². The lowest BCUT2D eigenvalue weighted by Crippen LogP contribution is -2.36. The molecule has 31 heavy (non-hydrogen) atoms. The largest absolute Gasteiger partial charge is 0.507 e. The van der Waals surface area contributed by atoms with Crippen LogP contribution in [0.15, 0.2) is 58.6 Å². The van der Waals surface area contributed by atoms with Crippen LogP contribution in [0.3, 0.4) is 0 Å². The number of likely N-dealkylation sites (tertiary alicyclic amines) is 1. The Kier molecular flexibility index (Phi) is 6.43. The molecule has 0 bridgehead atoms. The summed E-state index contributed by atoms with van der Waals surface area (Å²) in [6, 6.07) is 13.6. The van der Waals surface area contributed by atoms with Crippen molar-refractivity contribution in [1.82, 2.24) is 4.90 Å². The summed E-state index contributed by atoms with van der Waals surface area (Å²) in [5.74, 6) is -0.820. The topological polar surface area (TPSA) is 76.1 Å². The number of aliphatic hydroxyl groups is 1. The van der Waals surface area contributed by atoms with Gasteiger partial charge in [0.15, 0.2) is 0 Å². The number of benzene rings is 2. The monoisotopic (exact) mass is 485 g/mol. The second kappa shape index (κ2) is 9.24. The number of Topliss-reactive ketones (excluding diaryl/α,β-unsaturated/α-hetero) is 1. The average molecular weight is 486 g/mol. The van der Waals surface area contributed by atoms with Crippen molar-refractivity contribution in [3.05, 3.63) is 69.7 Å². The minimum atomic E-state index is -0.683. The Morgan fingerprint density at radius 2 is 1.87 bits per heavy atom. The molecule has 2 heterocycles. The third-order valence-corrected chi connectivity index (χ3v) is 6.12. The maximum absolute atomic E-state index is 13.0. The van der Waals surface area contributed by atoms with Crippen LogP contribution in [0.1, 0.15) is 36.9 Å². The Hall–Kier alpha value is -2.64. The summed E-state index contributed by atoms with van der Waals surface area (Å²) in [5.41, 5.74) is 1.31. The van der Waals surface area contributed by atoms with Gasteiger partial charge in [0.25, 0.3) is 11.7 Å². The number of nitrogens with zero attached hydrogens (tertiary/aromatic N) is 1. The van der Waals surface area contributed by atoms with Crippen LogP contribution >= 0.6 is 15.9 Å². The molecule has 2 saturated heterocycles. The van der Waals surface area contributed by atoms with E-state index in [1.165, 1.54) is 4.90 Å². The Balaban J connectivity index is 1.77. The Labute approximate surface area is 189 Å². The fourth-order valence-corrected chi connectivity index (χ4v) is 4.36. The quantitative estimate of drug-likeness (QED) is 0.371. The van der Waals surface area contributed by atoms with Crippen molar-refractivity contribution < 1.29 is 24.2 Å². The van der Waals surface area contributed by atoms with Crippen molar-refractivity contribution in [2.75, 3.05) is 19.8 Å². The summed E-state index contributed by atoms with van der Waals surface area (Å²) >= 11 is 3.42. The van der Waals surface area contributed by atoms with Crippen molar-refractivity contribution in [3.8, 4) is 5.75 Å². The summed E-state index contributed by atoms with van der Waals surface area (Å²) in [6.45, 7) is 3.39. The molecule has 2 fully saturated rings. The summed E-state index contributed by atoms with van der Waals surface area (Å²) < 4.78 is 12.1. The van der Waals surface area contributed by atoms with Crippen LogP contribution in [0.2, 0.25) is 0 Å². The van der Waals surface area contributed by atoms with Gasteiger partial charge in [0, 0.05) is 23.2 Å². The molecule has 2 aliphatic heterocycles. The number of ketones is 1. The number of ether oxygens (including phenoxy) is 2. The van der Waals surface area contributed by atoms with E-state index < -0.39 is 17.7 Å². The van der Waals surface area contributed by atoms with E-state index in [9.17, 15) is 14.7 Å². The van der Waals surface area contributed by atoms with Gasteiger partial charge in [-0.25, -0.2) is 0 Å². The van der Waals surface area contributed by atoms with Crippen LogP contribution in [-0.4, -0.2) is 47.6 Å². The third kappa shape index (κ3) is 4.38. The van der Waals surface area contributed by atoms with Crippen molar-refractivity contribution in [1.29, 1.82) is 0 Å². The molecule has 0 saturated carbocycles. The van der Waals surface area contributed by atoms with Gasteiger partial charge in [-0.3, -0.25) is 9.59 Å². The first kappa shape index (κ1) is 21.6. The van der Waals surface area contributed by atoms with Gasteiger partial charge in [-0.1, -0.05) is 28.1 Å². The fraction of sp³-hybridized carbons (Fsp3) is 0.333. The summed E-state index contributed by atoms with van der Waals surface area (Å²) in [6.07, 6.45) is 1.67. The van der Waals surface area contributed by atoms with Crippen LogP contribution < -0.4 is 4.74 Å². The molecular formula is C24H24BrNO5. The molecule has 7 heteroatoms. The first-order valence-corrected chi connectivity index (χ1v) is 11.2. The van der Waals surface area contributed by atoms with Gasteiger partial charge in [0.1, 0.15) is 11.5 Å². The van der Waals surface area contributed by atoms with Crippen LogP contribution in [0.5, 0.6) is 5.75 Å². The van der Waals surface area contributed by atoms with Gasteiger partial charge in [0.05, 0.1) is 24.3 Å². The molecule has 6 nitrogen and oxygen atoms in total. The first-order valence-electron chi connectivity index (χ1n) is 10.4. The maximum atomic E-state index is 13.0. The SMILES string of the molecule is CCOc1ccc(/C(O)=C2\C(=O)C(=O)N(CC3CCCO3)C2c2ccc(Br)cc2)cc1. The lowest BCUT2D eigenvalue weighted by molar-refractivity contribution is -0.140. The predicted molar refractivity (Wildman–Crippen MR) is 120 cm³/mol. The minimum Gasteiger partial charge on any atom is -0.507 e. The molecule has 2 unspecified atom stereocenters. The number of rotatable bonds is 6. The molecule has 0 radical (unpaired) electrons. The minimum absolute atomic E-state index is 0.0921. The number of amides is 1. The molecule has 2 aliphatic rings. The molecule has 2 atom stereocenters. The molecule has 0 aliphatic carbocycles. The molecule has 2 aromatic carbocycles. The number of hydrogen-bond donors (Lipinski definition) is 1. The van der Waals surface area contributed by atoms with Crippen molar-refractivity contribution in [2.45, 2.75) is 31.9 Å². The van der Waals surface area contributed by atoms with Crippen molar-refractivity contribution in [2.24, 2.45) is 0 Å². The van der Waals surface area contributed by atoms with Gasteiger partial charge in [-0.05, 0) is 61.7 Å². The maximum Gasteiger partial charge on any atom is 0.295 e. The molecule has 1 amide bonds. The third-order valence-electron chi connectivity index (χ3n) is 5.59. The van der Waals surface area contributed by atoms with Gasteiger partial charge in [-0.2, -0.15) is 0 Å². The van der Waals surface area contributed by atoms with E-state index in [1.54, 1.807) is 24.3 Å². The normalized spacial score (nSPS) is 22.8. The molecule has 0 spiro atoms. The highest BCUT2D eigenvalue weighted by Crippen LogP contribution is 2.40. The molecule has 2 aromatic rings. The molecule has 0 aromatic heterocycles. The van der Waals surface area contributed by atoms with E-state index >= 15 is 0 Å². The lowest BCUT2D eigenvalue weighted by Gasteiger charge is -2.27. The average Bonchev–Trinajstić information content (AvgIpc) is 3.37. The van der Waals surface area contributed by atoms with E-state index in [-0.39, 0.29) is 17.4 Å². The van der Waals surface area contributed by atoms with Crippen LogP contribution in [0.25, 0.3) is 5.76 Å². The van der Waals surface area contributed by atoms with E-state index in [0.29, 0.717) is 31.1 Å². The standard InChI is InChI=1S/C24H24BrNO5/c1-2-30-18-11-7-16(8-12-18)22(27)20-21(15-5-9-17(25)10-6-15)26(24(29)23(20)28)14-19-4-3-13-31-19/h5-12,19,21,27H,2-4,13-14H2,1H3/b22-20+. The number of halogens is 1. The van der Waals surface area contributed by atoms with Gasteiger partial charge in [-0.15, -0.1) is 0 Å². The molecular weight excluding hydrogens is 462 g/mol. The lowest BCUT2D eigenvalue weighted by atomic mass is 9.95. The number of carbonyl (C=O) groups excluding carboxylic acids is 2. The summed E-state index contributed by atoms with van der Waals surface area (Å²) in [5, 5.41) is 11.1. The number of carbonyl (C=O) groups is 2. The first-order chi connectivity index (χ1) is 15.0. The van der Waals surface area contributed by atoms with Crippen LogP contribution in [0.4, 0.5) is 0 Å². The predicted octanol–water partition coefficient (Wildman–Crippen LogP) is 4.45. The zero-order chi connectivity index (χ0) is 22.0. The number of aliphatic hydroxyl groups excluding tert-OH is 1. The highest BCUT2D eigenvalue weighted by atomic mass is 79.9. The van der Waals surface area contributed by atoms with Crippen LogP contribution in [0, 0.1) is 0 Å². The molecule has 4 rings (SSSR count). The second-order valence-electron chi connectivity index (χ2n) is 7.60. The fourth-order valence-electron chi connectivity index (χ4n) is 4.10. The second-order valence-corrected chi connectivity index (χ2v) is 8.51. The van der Waals surface area contributed by atoms with Crippen molar-refractivity contribution in [3.63, 3.8) is 0 Å². The Bertz CT molecular complexity index is 994. The van der Waals surface area contributed by atoms with E-state index in [2.05, 4.69) is 15.9 Å². The van der Waals surface area contributed by atoms with Gasteiger partial charge in [0.2, 0.25) is 0 Å². The van der Waals surface area contributed by atoms with Crippen molar-refractivity contribution >= 4 is 33.4 Å². The molecule has 1 N–H and O–H groups in total. The van der Waals surface area contributed by atoms with Crippen LogP contribution in [-0.2, 0) is 14.3 Å². The Morgan fingerprint density at radius 3 is 2.48 bits per heavy atom. The smallest absolute Gasteiger partial charge is 0.295 e. The summed E-state index contributed by atoms with van der Waals surface area (Å²) in [7, 11) is 0. The zero-order valence-electron chi connectivity index (χ0n) is 17.2. The highest BCUT2D eigenvalue weighted by Gasteiger charge is 2.47. The molecule has 162 valence electrons. The van der Waals surface area contributed by atoms with Gasteiger partial charge < -0.3 is 19.5 Å². The van der Waals surface area contributed by atoms with E-state index in [1.807, 2.05) is 31.2 Å². The zero-order valence-corrected chi connectivity index (χ0v) is 18.8. The highest BCUT2D eigenvalue weighted by molar-refractivity contribution is 9.10. The van der Waals surface area contributed by atoms with Gasteiger partial charge >= 0.3 is 0 Å². The van der Waals surface area contributed by atoms with E-state index in [4.69, 9.17) is 9.47 Å². The Morgan fingerprint density at radius 1 is 1.16 bits per heavy atom. The number of hydrogen-bond acceptors (Lipinski definition) is 5.